The normalized spacial score (nSPS) is 10.9. The number of aromatic hydroxyl groups is 1. The molecule has 0 saturated carbocycles. The molecule has 0 atom stereocenters. The Hall–Kier alpha value is -2.09. The smallest absolute Gasteiger partial charge is 0.263 e. The van der Waals surface area contributed by atoms with Crippen molar-refractivity contribution in [1.29, 1.82) is 0 Å². The zero-order valence-corrected chi connectivity index (χ0v) is 10.2. The minimum atomic E-state index is 0.132. The predicted octanol–water partition coefficient (Wildman–Crippen LogP) is 0.906. The maximum atomic E-state index is 9.55. The molecule has 0 radical (unpaired) electrons. The van der Waals surface area contributed by atoms with Crippen LogP contribution in [0.3, 0.4) is 0 Å². The molecular formula is C9H9BrN6O. The number of nitrogens with zero attached hydrogens (tertiary/aromatic N) is 4. The van der Waals surface area contributed by atoms with Crippen LogP contribution in [0.4, 0.5) is 5.95 Å². The van der Waals surface area contributed by atoms with Crippen molar-refractivity contribution in [1.82, 2.24) is 14.9 Å². The van der Waals surface area contributed by atoms with Gasteiger partial charge in [0.1, 0.15) is 12.1 Å². The summed E-state index contributed by atoms with van der Waals surface area (Å²) >= 11 is 3.30. The number of hydrogen-bond acceptors (Lipinski definition) is 6. The highest BCUT2D eigenvalue weighted by molar-refractivity contribution is 9.10. The van der Waals surface area contributed by atoms with E-state index >= 15 is 0 Å². The summed E-state index contributed by atoms with van der Waals surface area (Å²) in [5.74, 6) is 5.91. The maximum absolute atomic E-state index is 9.55. The number of phenols is 1. The van der Waals surface area contributed by atoms with Gasteiger partial charge in [-0.2, -0.15) is 5.10 Å². The van der Waals surface area contributed by atoms with Crippen LogP contribution in [0.2, 0.25) is 0 Å². The van der Waals surface area contributed by atoms with Crippen LogP contribution >= 0.6 is 15.9 Å². The first kappa shape index (κ1) is 11.4. The quantitative estimate of drug-likeness (QED) is 0.444. The molecule has 88 valence electrons. The van der Waals surface area contributed by atoms with Crippen molar-refractivity contribution in [2.24, 2.45) is 5.10 Å². The second kappa shape index (κ2) is 4.83. The summed E-state index contributed by atoms with van der Waals surface area (Å²) in [6.07, 6.45) is 2.79. The molecule has 0 aliphatic heterocycles. The lowest BCUT2D eigenvalue weighted by Crippen LogP contribution is -2.10. The first-order chi connectivity index (χ1) is 8.16. The van der Waals surface area contributed by atoms with E-state index in [1.54, 1.807) is 18.2 Å². The van der Waals surface area contributed by atoms with Gasteiger partial charge in [0.05, 0.1) is 6.21 Å². The molecule has 1 aromatic carbocycles. The van der Waals surface area contributed by atoms with Crippen molar-refractivity contribution in [3.8, 4) is 5.75 Å². The molecule has 0 amide bonds. The first-order valence-electron chi connectivity index (χ1n) is 4.59. The van der Waals surface area contributed by atoms with E-state index in [1.165, 1.54) is 17.2 Å². The SMILES string of the molecule is Nn1cnnc1NN=Cc1cc(Br)ccc1O. The molecule has 0 spiro atoms. The Morgan fingerprint density at radius 1 is 1.53 bits per heavy atom. The van der Waals surface area contributed by atoms with Gasteiger partial charge in [-0.25, -0.2) is 10.1 Å². The van der Waals surface area contributed by atoms with Gasteiger partial charge < -0.3 is 10.9 Å². The Morgan fingerprint density at radius 3 is 3.06 bits per heavy atom. The summed E-state index contributed by atoms with van der Waals surface area (Å²) in [5.41, 5.74) is 3.16. The number of rotatable bonds is 3. The fourth-order valence-electron chi connectivity index (χ4n) is 1.11. The summed E-state index contributed by atoms with van der Waals surface area (Å²) in [7, 11) is 0. The number of benzene rings is 1. The Bertz CT molecular complexity index is 552. The zero-order valence-electron chi connectivity index (χ0n) is 8.58. The highest BCUT2D eigenvalue weighted by Gasteiger charge is 2.00. The van der Waals surface area contributed by atoms with Gasteiger partial charge in [-0.3, -0.25) is 0 Å². The van der Waals surface area contributed by atoms with Crippen molar-refractivity contribution < 1.29 is 5.11 Å². The summed E-state index contributed by atoms with van der Waals surface area (Å²) < 4.78 is 2.04. The third-order valence-corrected chi connectivity index (χ3v) is 2.42. The van der Waals surface area contributed by atoms with Crippen LogP contribution in [0.15, 0.2) is 34.1 Å². The van der Waals surface area contributed by atoms with Crippen molar-refractivity contribution in [3.63, 3.8) is 0 Å². The third kappa shape index (κ3) is 2.72. The standard InChI is InChI=1S/C9H9BrN6O/c10-7-1-2-8(17)6(3-7)4-12-14-9-15-13-5-16(9)11/h1-5,17H,11H2,(H,14,15). The highest BCUT2D eigenvalue weighted by atomic mass is 79.9. The van der Waals surface area contributed by atoms with Crippen LogP contribution in [0.5, 0.6) is 5.75 Å². The van der Waals surface area contributed by atoms with Gasteiger partial charge in [0.2, 0.25) is 0 Å². The average molecular weight is 297 g/mol. The summed E-state index contributed by atoms with van der Waals surface area (Å²) in [6, 6.07) is 5.03. The molecule has 17 heavy (non-hydrogen) atoms. The highest BCUT2D eigenvalue weighted by Crippen LogP contribution is 2.19. The lowest BCUT2D eigenvalue weighted by molar-refractivity contribution is 0.474. The van der Waals surface area contributed by atoms with E-state index < -0.39 is 0 Å². The molecule has 0 aliphatic carbocycles. The topological polar surface area (TPSA) is 101 Å². The molecule has 2 rings (SSSR count). The number of nitrogens with one attached hydrogen (secondary N) is 1. The van der Waals surface area contributed by atoms with Crippen LogP contribution in [0.25, 0.3) is 0 Å². The second-order valence-electron chi connectivity index (χ2n) is 3.13. The molecule has 2 aromatic rings. The fraction of sp³-hybridized carbons (Fsp3) is 0. The molecule has 4 N–H and O–H groups in total. The summed E-state index contributed by atoms with van der Waals surface area (Å²) in [6.45, 7) is 0. The van der Waals surface area contributed by atoms with Gasteiger partial charge in [0, 0.05) is 10.0 Å². The second-order valence-corrected chi connectivity index (χ2v) is 4.05. The summed E-state index contributed by atoms with van der Waals surface area (Å²) in [5, 5.41) is 20.7. The predicted molar refractivity (Wildman–Crippen MR) is 67.2 cm³/mol. The van der Waals surface area contributed by atoms with Gasteiger partial charge in [-0.05, 0) is 18.2 Å². The monoisotopic (exact) mass is 296 g/mol. The largest absolute Gasteiger partial charge is 0.507 e. The molecule has 8 heteroatoms. The molecule has 1 aromatic heterocycles. The van der Waals surface area contributed by atoms with E-state index in [-0.39, 0.29) is 5.75 Å². The summed E-state index contributed by atoms with van der Waals surface area (Å²) in [4.78, 5) is 0. The first-order valence-corrected chi connectivity index (χ1v) is 5.39. The van der Waals surface area contributed by atoms with Crippen LogP contribution in [0, 0.1) is 0 Å². The van der Waals surface area contributed by atoms with E-state index in [1.807, 2.05) is 0 Å². The minimum Gasteiger partial charge on any atom is -0.507 e. The van der Waals surface area contributed by atoms with Crippen LogP contribution < -0.4 is 11.3 Å². The van der Waals surface area contributed by atoms with E-state index in [0.29, 0.717) is 11.5 Å². The number of anilines is 1. The van der Waals surface area contributed by atoms with Crippen molar-refractivity contribution in [3.05, 3.63) is 34.6 Å². The number of halogens is 1. The number of hydrazone groups is 1. The van der Waals surface area contributed by atoms with Crippen LogP contribution in [-0.4, -0.2) is 26.2 Å². The molecular weight excluding hydrogens is 288 g/mol. The maximum Gasteiger partial charge on any atom is 0.263 e. The Morgan fingerprint density at radius 2 is 2.35 bits per heavy atom. The van der Waals surface area contributed by atoms with Gasteiger partial charge in [0.15, 0.2) is 0 Å². The molecule has 7 nitrogen and oxygen atoms in total. The fourth-order valence-corrected chi connectivity index (χ4v) is 1.49. The van der Waals surface area contributed by atoms with Crippen LogP contribution in [0.1, 0.15) is 5.56 Å². The van der Waals surface area contributed by atoms with Gasteiger partial charge in [0.25, 0.3) is 5.95 Å². The van der Waals surface area contributed by atoms with Gasteiger partial charge in [-0.15, -0.1) is 10.2 Å². The number of hydrogen-bond donors (Lipinski definition) is 3. The third-order valence-electron chi connectivity index (χ3n) is 1.93. The van der Waals surface area contributed by atoms with Crippen molar-refractivity contribution in [2.45, 2.75) is 0 Å². The van der Waals surface area contributed by atoms with E-state index in [0.717, 1.165) is 4.47 Å². The average Bonchev–Trinajstić information content (AvgIpc) is 2.70. The van der Waals surface area contributed by atoms with Crippen LogP contribution in [-0.2, 0) is 0 Å². The number of nitrogen functional groups attached to an aromatic ring is 1. The molecule has 0 aliphatic rings. The number of nitrogens with two attached hydrogens (primary N) is 1. The van der Waals surface area contributed by atoms with Crippen molar-refractivity contribution >= 4 is 28.1 Å². The molecule has 0 saturated heterocycles. The van der Waals surface area contributed by atoms with E-state index in [2.05, 4.69) is 36.7 Å². The Kier molecular flexibility index (Phi) is 3.24. The Balaban J connectivity index is 2.10. The van der Waals surface area contributed by atoms with Crippen molar-refractivity contribution in [2.75, 3.05) is 11.3 Å². The lowest BCUT2D eigenvalue weighted by atomic mass is 10.2. The molecule has 0 fully saturated rings. The number of phenolic OH excluding ortho intramolecular Hbond substituents is 1. The molecule has 0 unspecified atom stereocenters. The van der Waals surface area contributed by atoms with E-state index in [4.69, 9.17) is 5.84 Å². The molecule has 0 bridgehead atoms. The van der Waals surface area contributed by atoms with E-state index in [9.17, 15) is 5.11 Å². The Labute approximate surface area is 105 Å². The molecule has 1 heterocycles. The van der Waals surface area contributed by atoms with Gasteiger partial charge in [-0.1, -0.05) is 15.9 Å². The number of aromatic nitrogens is 3. The lowest BCUT2D eigenvalue weighted by Gasteiger charge is -2.00. The zero-order chi connectivity index (χ0) is 12.3. The van der Waals surface area contributed by atoms with Gasteiger partial charge >= 0.3 is 0 Å². The minimum absolute atomic E-state index is 0.132.